The smallest absolute Gasteiger partial charge is 0.144 e. The van der Waals surface area contributed by atoms with Crippen LogP contribution in [-0.4, -0.2) is 0 Å². The second-order valence-electron chi connectivity index (χ2n) is 3.02. The summed E-state index contributed by atoms with van der Waals surface area (Å²) in [6.07, 6.45) is 0. The molecule has 0 aliphatic carbocycles. The van der Waals surface area contributed by atoms with Crippen LogP contribution in [0.15, 0.2) is 35.7 Å². The molecule has 0 aliphatic rings. The number of benzene rings is 1. The lowest BCUT2D eigenvalue weighted by molar-refractivity contribution is 0.311. The van der Waals surface area contributed by atoms with Crippen molar-refractivity contribution >= 4 is 28.6 Å². The second kappa shape index (κ2) is 4.55. The number of anilines is 1. The zero-order valence-corrected chi connectivity index (χ0v) is 9.52. The van der Waals surface area contributed by atoms with Gasteiger partial charge >= 0.3 is 0 Å². The number of halogens is 1. The van der Waals surface area contributed by atoms with Gasteiger partial charge in [0.2, 0.25) is 0 Å². The Hall–Kier alpha value is -1.19. The van der Waals surface area contributed by atoms with Gasteiger partial charge in [0.05, 0.1) is 10.7 Å². The number of thiophene rings is 1. The van der Waals surface area contributed by atoms with Crippen LogP contribution in [0.4, 0.5) is 5.69 Å². The minimum atomic E-state index is 0.496. The Bertz CT molecular complexity index is 442. The van der Waals surface area contributed by atoms with Crippen LogP contribution >= 0.6 is 22.9 Å². The SMILES string of the molecule is Nc1c(Cl)cccc1OCc1cccs1. The third-order valence-electron chi connectivity index (χ3n) is 1.96. The lowest BCUT2D eigenvalue weighted by atomic mass is 10.3. The molecule has 1 aromatic heterocycles. The van der Waals surface area contributed by atoms with Crippen molar-refractivity contribution in [3.63, 3.8) is 0 Å². The van der Waals surface area contributed by atoms with Crippen molar-refractivity contribution in [3.8, 4) is 5.75 Å². The predicted octanol–water partition coefficient (Wildman–Crippen LogP) is 3.56. The first-order valence-corrected chi connectivity index (χ1v) is 5.72. The minimum absolute atomic E-state index is 0.496. The highest BCUT2D eigenvalue weighted by Crippen LogP contribution is 2.29. The van der Waals surface area contributed by atoms with Crippen LogP contribution in [0.3, 0.4) is 0 Å². The lowest BCUT2D eigenvalue weighted by Gasteiger charge is -2.08. The fraction of sp³-hybridized carbons (Fsp3) is 0.0909. The van der Waals surface area contributed by atoms with E-state index in [1.54, 1.807) is 17.4 Å². The van der Waals surface area contributed by atoms with E-state index in [9.17, 15) is 0 Å². The van der Waals surface area contributed by atoms with Gasteiger partial charge in [-0.25, -0.2) is 0 Å². The molecule has 4 heteroatoms. The standard InChI is InChI=1S/C11H10ClNOS/c12-9-4-1-5-10(11(9)13)14-7-8-3-2-6-15-8/h1-6H,7,13H2. The summed E-state index contributed by atoms with van der Waals surface area (Å²) in [4.78, 5) is 1.16. The highest BCUT2D eigenvalue weighted by Gasteiger charge is 2.04. The quantitative estimate of drug-likeness (QED) is 0.832. The zero-order valence-electron chi connectivity index (χ0n) is 7.94. The Morgan fingerprint density at radius 2 is 2.13 bits per heavy atom. The van der Waals surface area contributed by atoms with Crippen molar-refractivity contribution in [1.82, 2.24) is 0 Å². The van der Waals surface area contributed by atoms with Gasteiger partial charge in [0.1, 0.15) is 12.4 Å². The highest BCUT2D eigenvalue weighted by molar-refractivity contribution is 7.09. The van der Waals surface area contributed by atoms with E-state index in [-0.39, 0.29) is 0 Å². The van der Waals surface area contributed by atoms with Gasteiger partial charge in [0.25, 0.3) is 0 Å². The second-order valence-corrected chi connectivity index (χ2v) is 4.46. The van der Waals surface area contributed by atoms with Crippen LogP contribution < -0.4 is 10.5 Å². The Balaban J connectivity index is 2.08. The summed E-state index contributed by atoms with van der Waals surface area (Å²) in [7, 11) is 0. The molecule has 2 nitrogen and oxygen atoms in total. The molecule has 2 aromatic rings. The van der Waals surface area contributed by atoms with E-state index in [1.807, 2.05) is 29.6 Å². The van der Waals surface area contributed by atoms with Crippen LogP contribution in [0.1, 0.15) is 4.88 Å². The fourth-order valence-electron chi connectivity index (χ4n) is 1.19. The number of hydrogen-bond acceptors (Lipinski definition) is 3. The summed E-state index contributed by atoms with van der Waals surface area (Å²) < 4.78 is 5.56. The van der Waals surface area contributed by atoms with Gasteiger partial charge in [-0.2, -0.15) is 0 Å². The third kappa shape index (κ3) is 2.43. The molecule has 0 amide bonds. The van der Waals surface area contributed by atoms with E-state index in [1.165, 1.54) is 0 Å². The van der Waals surface area contributed by atoms with Crippen molar-refractivity contribution in [2.75, 3.05) is 5.73 Å². The van der Waals surface area contributed by atoms with Gasteiger partial charge in [-0.15, -0.1) is 11.3 Å². The van der Waals surface area contributed by atoms with Crippen molar-refractivity contribution in [1.29, 1.82) is 0 Å². The zero-order chi connectivity index (χ0) is 10.7. The fourth-order valence-corrected chi connectivity index (χ4v) is 1.97. The number of ether oxygens (including phenoxy) is 1. The first-order chi connectivity index (χ1) is 7.27. The summed E-state index contributed by atoms with van der Waals surface area (Å²) in [5.41, 5.74) is 6.26. The maximum absolute atomic E-state index is 5.87. The third-order valence-corrected chi connectivity index (χ3v) is 3.14. The van der Waals surface area contributed by atoms with Crippen molar-refractivity contribution in [2.24, 2.45) is 0 Å². The number of para-hydroxylation sites is 1. The van der Waals surface area contributed by atoms with Gasteiger partial charge in [-0.3, -0.25) is 0 Å². The topological polar surface area (TPSA) is 35.2 Å². The number of hydrogen-bond donors (Lipinski definition) is 1. The predicted molar refractivity (Wildman–Crippen MR) is 64.5 cm³/mol. The average molecular weight is 240 g/mol. The van der Waals surface area contributed by atoms with Gasteiger partial charge in [0.15, 0.2) is 0 Å². The Kier molecular flexibility index (Phi) is 3.14. The van der Waals surface area contributed by atoms with Crippen LogP contribution in [0, 0.1) is 0 Å². The molecular weight excluding hydrogens is 230 g/mol. The van der Waals surface area contributed by atoms with Crippen LogP contribution in [-0.2, 0) is 6.61 Å². The summed E-state index contributed by atoms with van der Waals surface area (Å²) >= 11 is 7.53. The van der Waals surface area contributed by atoms with E-state index in [4.69, 9.17) is 22.1 Å². The Labute approximate surface area is 97.3 Å². The summed E-state index contributed by atoms with van der Waals surface area (Å²) in [5, 5.41) is 2.54. The van der Waals surface area contributed by atoms with E-state index in [0.717, 1.165) is 4.88 Å². The Morgan fingerprint density at radius 3 is 2.87 bits per heavy atom. The van der Waals surface area contributed by atoms with Gasteiger partial charge in [-0.1, -0.05) is 23.7 Å². The number of rotatable bonds is 3. The van der Waals surface area contributed by atoms with E-state index in [0.29, 0.717) is 23.1 Å². The normalized spacial score (nSPS) is 10.2. The summed E-state index contributed by atoms with van der Waals surface area (Å²) in [6.45, 7) is 0.530. The van der Waals surface area contributed by atoms with Gasteiger partial charge in [0, 0.05) is 4.88 Å². The van der Waals surface area contributed by atoms with Crippen molar-refractivity contribution in [3.05, 3.63) is 45.6 Å². The molecule has 0 radical (unpaired) electrons. The maximum Gasteiger partial charge on any atom is 0.144 e. The molecule has 0 saturated carbocycles. The molecule has 2 rings (SSSR count). The maximum atomic E-state index is 5.87. The summed E-state index contributed by atoms with van der Waals surface area (Å²) in [6, 6.07) is 9.39. The van der Waals surface area contributed by atoms with Crippen molar-refractivity contribution < 1.29 is 4.74 Å². The van der Waals surface area contributed by atoms with Crippen LogP contribution in [0.25, 0.3) is 0 Å². The minimum Gasteiger partial charge on any atom is -0.486 e. The van der Waals surface area contributed by atoms with Crippen molar-refractivity contribution in [2.45, 2.75) is 6.61 Å². The average Bonchev–Trinajstić information content (AvgIpc) is 2.73. The molecule has 0 spiro atoms. The molecule has 15 heavy (non-hydrogen) atoms. The van der Waals surface area contributed by atoms with Crippen LogP contribution in [0.2, 0.25) is 5.02 Å². The molecule has 1 heterocycles. The van der Waals surface area contributed by atoms with E-state index >= 15 is 0 Å². The molecule has 2 N–H and O–H groups in total. The molecule has 0 fully saturated rings. The molecule has 0 unspecified atom stereocenters. The molecule has 0 aliphatic heterocycles. The molecular formula is C11H10ClNOS. The largest absolute Gasteiger partial charge is 0.486 e. The summed E-state index contributed by atoms with van der Waals surface area (Å²) in [5.74, 6) is 0.635. The van der Waals surface area contributed by atoms with E-state index in [2.05, 4.69) is 0 Å². The van der Waals surface area contributed by atoms with Crippen LogP contribution in [0.5, 0.6) is 5.75 Å². The molecule has 78 valence electrons. The van der Waals surface area contributed by atoms with Gasteiger partial charge in [-0.05, 0) is 23.6 Å². The molecule has 0 saturated heterocycles. The Morgan fingerprint density at radius 1 is 1.27 bits per heavy atom. The number of nitrogens with two attached hydrogens (primary N) is 1. The monoisotopic (exact) mass is 239 g/mol. The molecule has 0 atom stereocenters. The first kappa shape index (κ1) is 10.3. The number of nitrogen functional groups attached to an aromatic ring is 1. The van der Waals surface area contributed by atoms with Gasteiger partial charge < -0.3 is 10.5 Å². The molecule has 0 bridgehead atoms. The first-order valence-electron chi connectivity index (χ1n) is 4.46. The lowest BCUT2D eigenvalue weighted by Crippen LogP contribution is -1.97. The van der Waals surface area contributed by atoms with E-state index < -0.39 is 0 Å². The molecule has 1 aromatic carbocycles. The highest BCUT2D eigenvalue weighted by atomic mass is 35.5.